The summed E-state index contributed by atoms with van der Waals surface area (Å²) < 4.78 is 10.4. The first-order chi connectivity index (χ1) is 8.81. The largest absolute Gasteiger partial charge is 0.383 e. The maximum Gasteiger partial charge on any atom is 0.242 e. The second kappa shape index (κ2) is 7.04. The van der Waals surface area contributed by atoms with Crippen LogP contribution in [0.4, 0.5) is 0 Å². The molecule has 1 atom stereocenters. The van der Waals surface area contributed by atoms with Crippen molar-refractivity contribution >= 4 is 5.91 Å². The van der Waals surface area contributed by atoms with E-state index in [9.17, 15) is 4.79 Å². The van der Waals surface area contributed by atoms with Gasteiger partial charge < -0.3 is 19.7 Å². The quantitative estimate of drug-likeness (QED) is 0.683. The van der Waals surface area contributed by atoms with Gasteiger partial charge in [-0.25, -0.2) is 0 Å². The first-order valence-corrected chi connectivity index (χ1v) is 6.62. The summed E-state index contributed by atoms with van der Waals surface area (Å²) in [4.78, 5) is 16.5. The minimum atomic E-state index is -0.149. The predicted molar refractivity (Wildman–Crippen MR) is 67.5 cm³/mol. The zero-order chi connectivity index (χ0) is 12.8. The second-order valence-electron chi connectivity index (χ2n) is 4.74. The smallest absolute Gasteiger partial charge is 0.242 e. The third kappa shape index (κ3) is 3.65. The van der Waals surface area contributed by atoms with Gasteiger partial charge in [0.15, 0.2) is 0 Å². The maximum atomic E-state index is 12.2. The molecule has 2 aliphatic heterocycles. The Kier molecular flexibility index (Phi) is 5.37. The highest BCUT2D eigenvalue weighted by atomic mass is 16.5. The molecule has 104 valence electrons. The van der Waals surface area contributed by atoms with Crippen molar-refractivity contribution in [1.82, 2.24) is 15.1 Å². The molecule has 18 heavy (non-hydrogen) atoms. The predicted octanol–water partition coefficient (Wildman–Crippen LogP) is -1.23. The summed E-state index contributed by atoms with van der Waals surface area (Å²) in [6, 6.07) is -0.149. The number of methoxy groups -OCH3 is 1. The van der Waals surface area contributed by atoms with Crippen LogP contribution in [0.1, 0.15) is 0 Å². The number of amides is 1. The van der Waals surface area contributed by atoms with Crippen molar-refractivity contribution in [3.8, 4) is 0 Å². The number of carbonyl (C=O) groups is 1. The van der Waals surface area contributed by atoms with Gasteiger partial charge in [-0.15, -0.1) is 0 Å². The van der Waals surface area contributed by atoms with Crippen molar-refractivity contribution < 1.29 is 14.3 Å². The molecule has 0 aromatic heterocycles. The van der Waals surface area contributed by atoms with Gasteiger partial charge >= 0.3 is 0 Å². The Hall–Kier alpha value is -0.690. The van der Waals surface area contributed by atoms with E-state index in [0.29, 0.717) is 13.2 Å². The lowest BCUT2D eigenvalue weighted by Gasteiger charge is -2.37. The molecule has 0 bridgehead atoms. The van der Waals surface area contributed by atoms with Crippen LogP contribution in [0.5, 0.6) is 0 Å². The van der Waals surface area contributed by atoms with E-state index in [2.05, 4.69) is 10.2 Å². The molecule has 0 spiro atoms. The maximum absolute atomic E-state index is 12.2. The molecule has 2 fully saturated rings. The van der Waals surface area contributed by atoms with Crippen LogP contribution in [0.3, 0.4) is 0 Å². The lowest BCUT2D eigenvalue weighted by molar-refractivity contribution is -0.138. The van der Waals surface area contributed by atoms with Gasteiger partial charge in [0, 0.05) is 46.4 Å². The number of ether oxygens (including phenoxy) is 2. The lowest BCUT2D eigenvalue weighted by atomic mass is 10.2. The molecule has 2 heterocycles. The van der Waals surface area contributed by atoms with Crippen LogP contribution in [0, 0.1) is 0 Å². The van der Waals surface area contributed by atoms with E-state index in [4.69, 9.17) is 9.47 Å². The van der Waals surface area contributed by atoms with E-state index in [1.54, 1.807) is 7.11 Å². The molecular formula is C12H23N3O3. The molecule has 2 rings (SSSR count). The van der Waals surface area contributed by atoms with Gasteiger partial charge in [0.1, 0.15) is 6.04 Å². The van der Waals surface area contributed by atoms with Crippen molar-refractivity contribution in [2.24, 2.45) is 0 Å². The number of morpholine rings is 1. The number of nitrogens with zero attached hydrogens (tertiary/aromatic N) is 2. The second-order valence-corrected chi connectivity index (χ2v) is 4.74. The Morgan fingerprint density at radius 3 is 2.78 bits per heavy atom. The molecule has 0 aromatic carbocycles. The van der Waals surface area contributed by atoms with Crippen molar-refractivity contribution in [1.29, 1.82) is 0 Å². The molecule has 2 saturated heterocycles. The van der Waals surface area contributed by atoms with Crippen LogP contribution < -0.4 is 5.32 Å². The number of carbonyl (C=O) groups excluding carboxylic acids is 1. The van der Waals surface area contributed by atoms with Crippen LogP contribution in [0.25, 0.3) is 0 Å². The lowest BCUT2D eigenvalue weighted by Crippen LogP contribution is -2.57. The van der Waals surface area contributed by atoms with Gasteiger partial charge in [0.05, 0.1) is 19.8 Å². The zero-order valence-electron chi connectivity index (χ0n) is 11.1. The Morgan fingerprint density at radius 1 is 1.39 bits per heavy atom. The molecular weight excluding hydrogens is 234 g/mol. The molecule has 0 aliphatic carbocycles. The summed E-state index contributed by atoms with van der Waals surface area (Å²) in [5.41, 5.74) is 0. The zero-order valence-corrected chi connectivity index (χ0v) is 11.1. The Labute approximate surface area is 108 Å². The summed E-state index contributed by atoms with van der Waals surface area (Å²) in [7, 11) is 1.72. The molecule has 0 aromatic rings. The highest BCUT2D eigenvalue weighted by molar-refractivity contribution is 5.82. The number of piperazine rings is 1. The van der Waals surface area contributed by atoms with E-state index in [1.165, 1.54) is 0 Å². The molecule has 2 aliphatic rings. The molecule has 0 saturated carbocycles. The van der Waals surface area contributed by atoms with Crippen molar-refractivity contribution in [2.75, 3.05) is 66.2 Å². The third-order valence-electron chi connectivity index (χ3n) is 3.52. The van der Waals surface area contributed by atoms with Crippen LogP contribution in [0.15, 0.2) is 0 Å². The van der Waals surface area contributed by atoms with Crippen LogP contribution in [0.2, 0.25) is 0 Å². The highest BCUT2D eigenvalue weighted by Crippen LogP contribution is 2.05. The molecule has 0 radical (unpaired) electrons. The van der Waals surface area contributed by atoms with Gasteiger partial charge in [-0.2, -0.15) is 0 Å². The van der Waals surface area contributed by atoms with E-state index >= 15 is 0 Å². The third-order valence-corrected chi connectivity index (χ3v) is 3.52. The van der Waals surface area contributed by atoms with Gasteiger partial charge in [-0.3, -0.25) is 9.69 Å². The average molecular weight is 257 g/mol. The fraction of sp³-hybridized carbons (Fsp3) is 0.917. The van der Waals surface area contributed by atoms with Crippen molar-refractivity contribution in [3.63, 3.8) is 0 Å². The van der Waals surface area contributed by atoms with Gasteiger partial charge in [0.2, 0.25) is 5.91 Å². The van der Waals surface area contributed by atoms with E-state index in [0.717, 1.165) is 45.9 Å². The van der Waals surface area contributed by atoms with Crippen LogP contribution >= 0.6 is 0 Å². The standard InChI is InChI=1S/C12H23N3O3/c1-17-9-7-14-3-5-15(6-4-14)12(16)11-10-18-8-2-13-11/h11,13H,2-10H2,1H3. The van der Waals surface area contributed by atoms with Gasteiger partial charge in [0.25, 0.3) is 0 Å². The van der Waals surface area contributed by atoms with Crippen molar-refractivity contribution in [2.45, 2.75) is 6.04 Å². The minimum Gasteiger partial charge on any atom is -0.383 e. The van der Waals surface area contributed by atoms with Crippen molar-refractivity contribution in [3.05, 3.63) is 0 Å². The van der Waals surface area contributed by atoms with Crippen LogP contribution in [-0.2, 0) is 14.3 Å². The van der Waals surface area contributed by atoms with E-state index in [1.807, 2.05) is 4.90 Å². The summed E-state index contributed by atoms with van der Waals surface area (Å²) in [5.74, 6) is 0.182. The fourth-order valence-electron chi connectivity index (χ4n) is 2.36. The fourth-order valence-corrected chi connectivity index (χ4v) is 2.36. The van der Waals surface area contributed by atoms with Gasteiger partial charge in [-0.1, -0.05) is 0 Å². The highest BCUT2D eigenvalue weighted by Gasteiger charge is 2.28. The molecule has 1 N–H and O–H groups in total. The van der Waals surface area contributed by atoms with E-state index < -0.39 is 0 Å². The average Bonchev–Trinajstić information content (AvgIpc) is 2.46. The number of nitrogens with one attached hydrogen (secondary N) is 1. The summed E-state index contributed by atoms with van der Waals surface area (Å²) in [5, 5.41) is 3.21. The normalized spacial score (nSPS) is 26.3. The summed E-state index contributed by atoms with van der Waals surface area (Å²) in [6.07, 6.45) is 0. The van der Waals surface area contributed by atoms with Crippen LogP contribution in [-0.4, -0.2) is 87.9 Å². The van der Waals surface area contributed by atoms with Gasteiger partial charge in [-0.05, 0) is 0 Å². The molecule has 1 amide bonds. The molecule has 1 unspecified atom stereocenters. The Morgan fingerprint density at radius 2 is 2.17 bits per heavy atom. The van der Waals surface area contributed by atoms with E-state index in [-0.39, 0.29) is 11.9 Å². The SMILES string of the molecule is COCCN1CCN(C(=O)C2COCCN2)CC1. The summed E-state index contributed by atoms with van der Waals surface area (Å²) >= 11 is 0. The molecule has 6 nitrogen and oxygen atoms in total. The monoisotopic (exact) mass is 257 g/mol. The first kappa shape index (κ1) is 13.7. The topological polar surface area (TPSA) is 54.0 Å². The Balaban J connectivity index is 1.73. The summed E-state index contributed by atoms with van der Waals surface area (Å²) in [6.45, 7) is 7.16. The Bertz CT molecular complexity index is 261. The molecule has 6 heteroatoms. The number of rotatable bonds is 4. The first-order valence-electron chi connectivity index (χ1n) is 6.62. The number of hydrogen-bond donors (Lipinski definition) is 1. The number of hydrogen-bond acceptors (Lipinski definition) is 5. The minimum absolute atomic E-state index is 0.149.